The van der Waals surface area contributed by atoms with Crippen LogP contribution >= 0.6 is 11.6 Å². The largest absolute Gasteiger partial charge is 0.386 e. The lowest BCUT2D eigenvalue weighted by atomic mass is 9.90. The number of carbonyl (C=O) groups excluding carboxylic acids is 1. The van der Waals surface area contributed by atoms with Crippen molar-refractivity contribution in [2.45, 2.75) is 38.7 Å². The zero-order valence-corrected chi connectivity index (χ0v) is 20.2. The number of benzene rings is 3. The SMILES string of the molecule is CC(C)(O)c1ccccc1CCCC(=O)c1cccc(/C=C/c2ccc3ccc(Cl)cc3n2)c1. The lowest BCUT2D eigenvalue weighted by Gasteiger charge is -2.21. The first kappa shape index (κ1) is 23.9. The zero-order chi connectivity index (χ0) is 24.1. The van der Waals surface area contributed by atoms with Crippen molar-refractivity contribution in [1.82, 2.24) is 4.98 Å². The highest BCUT2D eigenvalue weighted by molar-refractivity contribution is 6.31. The second kappa shape index (κ2) is 10.3. The Hall–Kier alpha value is -3.27. The van der Waals surface area contributed by atoms with Crippen LogP contribution in [0.25, 0.3) is 23.1 Å². The molecule has 3 aromatic carbocycles. The molecule has 0 saturated heterocycles. The van der Waals surface area contributed by atoms with Crippen LogP contribution in [0.5, 0.6) is 0 Å². The number of hydrogen-bond acceptors (Lipinski definition) is 3. The van der Waals surface area contributed by atoms with Gasteiger partial charge >= 0.3 is 0 Å². The molecule has 1 N–H and O–H groups in total. The third kappa shape index (κ3) is 5.99. The number of carbonyl (C=O) groups is 1. The number of pyridine rings is 1. The minimum atomic E-state index is -0.895. The van der Waals surface area contributed by atoms with Crippen LogP contribution in [0.1, 0.15) is 59.4 Å². The van der Waals surface area contributed by atoms with E-state index in [1.54, 1.807) is 13.8 Å². The minimum absolute atomic E-state index is 0.120. The van der Waals surface area contributed by atoms with E-state index in [0.29, 0.717) is 17.0 Å². The topological polar surface area (TPSA) is 50.2 Å². The smallest absolute Gasteiger partial charge is 0.162 e. The average Bonchev–Trinajstić information content (AvgIpc) is 2.82. The van der Waals surface area contributed by atoms with E-state index in [-0.39, 0.29) is 5.78 Å². The first-order chi connectivity index (χ1) is 16.3. The summed E-state index contributed by atoms with van der Waals surface area (Å²) in [6, 6.07) is 25.2. The number of Topliss-reactive ketones (excluding diaryl/α,β-unsaturated/α-hetero) is 1. The van der Waals surface area contributed by atoms with E-state index in [9.17, 15) is 9.90 Å². The fourth-order valence-electron chi connectivity index (χ4n) is 4.12. The van der Waals surface area contributed by atoms with Crippen LogP contribution in [0, 0.1) is 0 Å². The van der Waals surface area contributed by atoms with Crippen molar-refractivity contribution in [3.05, 3.63) is 112 Å². The predicted octanol–water partition coefficient (Wildman–Crippen LogP) is 7.49. The normalized spacial score (nSPS) is 11.9. The maximum Gasteiger partial charge on any atom is 0.162 e. The van der Waals surface area contributed by atoms with Gasteiger partial charge in [-0.25, -0.2) is 4.98 Å². The molecule has 3 nitrogen and oxygen atoms in total. The highest BCUT2D eigenvalue weighted by Crippen LogP contribution is 2.25. The number of hydrogen-bond donors (Lipinski definition) is 1. The van der Waals surface area contributed by atoms with Gasteiger partial charge in [0.15, 0.2) is 5.78 Å². The van der Waals surface area contributed by atoms with Crippen molar-refractivity contribution in [3.63, 3.8) is 0 Å². The molecule has 1 aromatic heterocycles. The third-order valence-corrected chi connectivity index (χ3v) is 6.09. The summed E-state index contributed by atoms with van der Waals surface area (Å²) in [5, 5.41) is 12.1. The molecule has 0 atom stereocenters. The Morgan fingerprint density at radius 3 is 2.59 bits per heavy atom. The van der Waals surface area contributed by atoms with Crippen LogP contribution in [0.2, 0.25) is 5.02 Å². The predicted molar refractivity (Wildman–Crippen MR) is 141 cm³/mol. The van der Waals surface area contributed by atoms with Crippen LogP contribution in [0.4, 0.5) is 0 Å². The molecule has 4 heteroatoms. The standard InChI is InChI=1S/C30H28ClNO2/c1-30(2,34)27-11-4-3-8-22(27)9-6-12-29(33)24-10-5-7-21(19-24)13-17-26-18-15-23-14-16-25(31)20-28(23)32-26/h3-5,7-8,10-11,13-20,34H,6,9,12H2,1-2H3/b17-13+. The summed E-state index contributed by atoms with van der Waals surface area (Å²) >= 11 is 6.09. The molecule has 172 valence electrons. The minimum Gasteiger partial charge on any atom is -0.386 e. The van der Waals surface area contributed by atoms with Crippen molar-refractivity contribution in [1.29, 1.82) is 0 Å². The fraction of sp³-hybridized carbons (Fsp3) is 0.200. The van der Waals surface area contributed by atoms with Gasteiger partial charge in [-0.3, -0.25) is 4.79 Å². The molecule has 0 aliphatic heterocycles. The number of nitrogens with zero attached hydrogens (tertiary/aromatic N) is 1. The van der Waals surface area contributed by atoms with Gasteiger partial charge in [0.05, 0.1) is 16.8 Å². The molecule has 0 fully saturated rings. The second-order valence-electron chi connectivity index (χ2n) is 9.02. The molecule has 0 spiro atoms. The summed E-state index contributed by atoms with van der Waals surface area (Å²) < 4.78 is 0. The Morgan fingerprint density at radius 2 is 1.76 bits per heavy atom. The van der Waals surface area contributed by atoms with E-state index in [1.165, 1.54) is 0 Å². The van der Waals surface area contributed by atoms with E-state index in [0.717, 1.165) is 46.1 Å². The van der Waals surface area contributed by atoms with Crippen LogP contribution in [0.3, 0.4) is 0 Å². The molecule has 4 aromatic rings. The maximum atomic E-state index is 12.8. The number of rotatable bonds is 8. The van der Waals surface area contributed by atoms with E-state index in [2.05, 4.69) is 4.98 Å². The van der Waals surface area contributed by atoms with Gasteiger partial charge in [-0.2, -0.15) is 0 Å². The summed E-state index contributed by atoms with van der Waals surface area (Å²) in [4.78, 5) is 17.5. The summed E-state index contributed by atoms with van der Waals surface area (Å²) in [7, 11) is 0. The monoisotopic (exact) mass is 469 g/mol. The van der Waals surface area contributed by atoms with Gasteiger partial charge in [-0.1, -0.05) is 72.3 Å². The number of halogens is 1. The first-order valence-electron chi connectivity index (χ1n) is 11.5. The van der Waals surface area contributed by atoms with Gasteiger partial charge in [0.1, 0.15) is 0 Å². The van der Waals surface area contributed by atoms with E-state index >= 15 is 0 Å². The highest BCUT2D eigenvalue weighted by atomic mass is 35.5. The molecular weight excluding hydrogens is 442 g/mol. The zero-order valence-electron chi connectivity index (χ0n) is 19.5. The highest BCUT2D eigenvalue weighted by Gasteiger charge is 2.19. The molecule has 0 aliphatic carbocycles. The second-order valence-corrected chi connectivity index (χ2v) is 9.46. The number of fused-ring (bicyclic) bond motifs is 1. The van der Waals surface area contributed by atoms with Crippen molar-refractivity contribution in [2.75, 3.05) is 0 Å². The molecule has 0 bridgehead atoms. The van der Waals surface area contributed by atoms with Gasteiger partial charge < -0.3 is 5.11 Å². The van der Waals surface area contributed by atoms with Crippen LogP contribution in [0.15, 0.2) is 78.9 Å². The van der Waals surface area contributed by atoms with E-state index in [1.807, 2.05) is 91.0 Å². The van der Waals surface area contributed by atoms with Crippen LogP contribution in [-0.2, 0) is 12.0 Å². The number of ketones is 1. The summed E-state index contributed by atoms with van der Waals surface area (Å²) in [5.74, 6) is 0.120. The number of aromatic nitrogens is 1. The van der Waals surface area contributed by atoms with Gasteiger partial charge in [0.2, 0.25) is 0 Å². The van der Waals surface area contributed by atoms with Gasteiger partial charge in [-0.15, -0.1) is 0 Å². The summed E-state index contributed by atoms with van der Waals surface area (Å²) in [6.45, 7) is 3.58. The van der Waals surface area contributed by atoms with Crippen molar-refractivity contribution < 1.29 is 9.90 Å². The van der Waals surface area contributed by atoms with Crippen molar-refractivity contribution >= 4 is 40.4 Å². The molecule has 0 radical (unpaired) electrons. The molecular formula is C30H28ClNO2. The quantitative estimate of drug-likeness (QED) is 0.272. The van der Waals surface area contributed by atoms with E-state index in [4.69, 9.17) is 11.6 Å². The van der Waals surface area contributed by atoms with Crippen molar-refractivity contribution in [2.24, 2.45) is 0 Å². The van der Waals surface area contributed by atoms with Crippen LogP contribution in [-0.4, -0.2) is 15.9 Å². The Kier molecular flexibility index (Phi) is 7.26. The molecule has 4 rings (SSSR count). The average molecular weight is 470 g/mol. The molecule has 1 heterocycles. The fourth-order valence-corrected chi connectivity index (χ4v) is 4.28. The third-order valence-electron chi connectivity index (χ3n) is 5.86. The van der Waals surface area contributed by atoms with E-state index < -0.39 is 5.60 Å². The Bertz CT molecular complexity index is 1350. The van der Waals surface area contributed by atoms with Gasteiger partial charge in [-0.05, 0) is 73.7 Å². The van der Waals surface area contributed by atoms with Crippen LogP contribution < -0.4 is 0 Å². The Morgan fingerprint density at radius 1 is 0.971 bits per heavy atom. The lowest BCUT2D eigenvalue weighted by Crippen LogP contribution is -2.18. The molecule has 34 heavy (non-hydrogen) atoms. The summed E-state index contributed by atoms with van der Waals surface area (Å²) in [6.07, 6.45) is 5.85. The van der Waals surface area contributed by atoms with Gasteiger partial charge in [0.25, 0.3) is 0 Å². The Balaban J connectivity index is 1.41. The molecule has 0 saturated carbocycles. The number of aliphatic hydroxyl groups is 1. The summed E-state index contributed by atoms with van der Waals surface area (Å²) in [5.41, 5.74) is 4.44. The lowest BCUT2D eigenvalue weighted by molar-refractivity contribution is 0.0776. The molecule has 0 aliphatic rings. The first-order valence-corrected chi connectivity index (χ1v) is 11.9. The Labute approximate surface area is 205 Å². The maximum absolute atomic E-state index is 12.8. The molecule has 0 amide bonds. The van der Waals surface area contributed by atoms with Crippen molar-refractivity contribution in [3.8, 4) is 0 Å². The molecule has 0 unspecified atom stereocenters. The number of aryl methyl sites for hydroxylation is 1. The van der Waals surface area contributed by atoms with Gasteiger partial charge in [0, 0.05) is 22.4 Å².